The molecule has 0 radical (unpaired) electrons. The van der Waals surface area contributed by atoms with E-state index in [2.05, 4.69) is 38.7 Å². The van der Waals surface area contributed by atoms with Crippen LogP contribution in [0.25, 0.3) is 11.1 Å². The number of hydrogen-bond donors (Lipinski definition) is 3. The zero-order valence-corrected chi connectivity index (χ0v) is 20.5. The molecule has 2 amide bonds. The van der Waals surface area contributed by atoms with Gasteiger partial charge in [-0.25, -0.2) is 9.59 Å². The summed E-state index contributed by atoms with van der Waals surface area (Å²) in [6.07, 6.45) is 0.721. The molecule has 0 heterocycles. The number of benzene rings is 3. The number of fused-ring (bicyclic) bond motifs is 3. The van der Waals surface area contributed by atoms with Crippen LogP contribution in [0.15, 0.2) is 82.9 Å². The molecule has 35 heavy (non-hydrogen) atoms. The lowest BCUT2D eigenvalue weighted by Crippen LogP contribution is -2.26. The molecule has 0 saturated heterocycles. The summed E-state index contributed by atoms with van der Waals surface area (Å²) < 4.78 is 6.26. The van der Waals surface area contributed by atoms with Gasteiger partial charge in [-0.2, -0.15) is 0 Å². The van der Waals surface area contributed by atoms with Crippen LogP contribution >= 0.6 is 15.9 Å². The maximum Gasteiger partial charge on any atom is 0.411 e. The van der Waals surface area contributed by atoms with Gasteiger partial charge in [-0.1, -0.05) is 70.5 Å². The molecule has 0 atom stereocenters. The second-order valence-corrected chi connectivity index (χ2v) is 8.96. The average Bonchev–Trinajstić information content (AvgIpc) is 3.16. The number of hydrogen-bond acceptors (Lipinski definition) is 4. The molecule has 3 N–H and O–H groups in total. The Kier molecular flexibility index (Phi) is 7.31. The minimum atomic E-state index is -1.06. The number of nitrogens with one attached hydrogen (secondary N) is 2. The number of rotatable bonds is 7. The van der Waals surface area contributed by atoms with E-state index in [0.29, 0.717) is 4.47 Å². The molecule has 178 valence electrons. The van der Waals surface area contributed by atoms with Crippen molar-refractivity contribution in [3.8, 4) is 11.1 Å². The minimum Gasteiger partial charge on any atom is -0.478 e. The standard InChI is InChI=1S/C27H23BrN2O5/c1-16(26(32)33)12-13-29-25(31)22-11-10-17(28)14-24(22)30-27(34)35-15-23-20-8-4-2-6-18(20)19-7-3-5-9-21(19)23/h2-12,14,23H,13,15H2,1H3,(H,29,31)(H,30,34)(H,32,33)/b16-12+. The lowest BCUT2D eigenvalue weighted by atomic mass is 9.98. The van der Waals surface area contributed by atoms with Crippen LogP contribution in [0.5, 0.6) is 0 Å². The lowest BCUT2D eigenvalue weighted by Gasteiger charge is -2.16. The highest BCUT2D eigenvalue weighted by Crippen LogP contribution is 2.44. The highest BCUT2D eigenvalue weighted by molar-refractivity contribution is 9.10. The zero-order chi connectivity index (χ0) is 24.9. The van der Waals surface area contributed by atoms with Crippen LogP contribution in [0.1, 0.15) is 34.3 Å². The first-order chi connectivity index (χ1) is 16.8. The summed E-state index contributed by atoms with van der Waals surface area (Å²) in [7, 11) is 0. The first-order valence-corrected chi connectivity index (χ1v) is 11.7. The van der Waals surface area contributed by atoms with Crippen molar-refractivity contribution in [2.45, 2.75) is 12.8 Å². The highest BCUT2D eigenvalue weighted by atomic mass is 79.9. The number of ether oxygens (including phenoxy) is 1. The van der Waals surface area contributed by atoms with Gasteiger partial charge in [0.1, 0.15) is 6.61 Å². The van der Waals surface area contributed by atoms with Crippen LogP contribution in [0.3, 0.4) is 0 Å². The number of amides is 2. The van der Waals surface area contributed by atoms with Crippen LogP contribution in [0.4, 0.5) is 10.5 Å². The number of halogens is 1. The van der Waals surface area contributed by atoms with E-state index in [4.69, 9.17) is 9.84 Å². The Morgan fingerprint density at radius 1 is 1.00 bits per heavy atom. The summed E-state index contributed by atoms with van der Waals surface area (Å²) in [4.78, 5) is 36.3. The van der Waals surface area contributed by atoms with Crippen molar-refractivity contribution < 1.29 is 24.2 Å². The molecule has 0 fully saturated rings. The molecule has 0 saturated carbocycles. The molecule has 0 aromatic heterocycles. The first-order valence-electron chi connectivity index (χ1n) is 10.9. The van der Waals surface area contributed by atoms with E-state index in [9.17, 15) is 14.4 Å². The van der Waals surface area contributed by atoms with E-state index in [1.807, 2.05) is 36.4 Å². The van der Waals surface area contributed by atoms with Gasteiger partial charge in [-0.15, -0.1) is 0 Å². The van der Waals surface area contributed by atoms with Crippen LogP contribution in [0.2, 0.25) is 0 Å². The molecule has 4 rings (SSSR count). The van der Waals surface area contributed by atoms with Crippen LogP contribution in [-0.4, -0.2) is 36.2 Å². The number of carboxylic acids is 1. The third-order valence-electron chi connectivity index (χ3n) is 5.81. The van der Waals surface area contributed by atoms with E-state index in [0.717, 1.165) is 22.3 Å². The second-order valence-electron chi connectivity index (χ2n) is 8.04. The summed E-state index contributed by atoms with van der Waals surface area (Å²) in [6.45, 7) is 1.63. The smallest absolute Gasteiger partial charge is 0.411 e. The number of carboxylic acid groups (broad SMARTS) is 1. The lowest BCUT2D eigenvalue weighted by molar-refractivity contribution is -0.132. The molecule has 0 spiro atoms. The fourth-order valence-electron chi connectivity index (χ4n) is 4.04. The van der Waals surface area contributed by atoms with Gasteiger partial charge in [0.25, 0.3) is 5.91 Å². The number of aliphatic carboxylic acids is 1. The Hall–Kier alpha value is -3.91. The topological polar surface area (TPSA) is 105 Å². The third kappa shape index (κ3) is 5.44. The fourth-order valence-corrected chi connectivity index (χ4v) is 4.40. The van der Waals surface area contributed by atoms with Crippen LogP contribution in [-0.2, 0) is 9.53 Å². The highest BCUT2D eigenvalue weighted by Gasteiger charge is 2.29. The van der Waals surface area contributed by atoms with E-state index in [1.165, 1.54) is 13.0 Å². The first kappa shape index (κ1) is 24.2. The maximum atomic E-state index is 12.7. The Morgan fingerprint density at radius 3 is 2.26 bits per heavy atom. The van der Waals surface area contributed by atoms with Crippen molar-refractivity contribution in [1.82, 2.24) is 5.32 Å². The fraction of sp³-hybridized carbons (Fsp3) is 0.148. The van der Waals surface area contributed by atoms with Gasteiger partial charge in [0.05, 0.1) is 11.3 Å². The van der Waals surface area contributed by atoms with Crippen molar-refractivity contribution in [1.29, 1.82) is 0 Å². The predicted octanol–water partition coefficient (Wildman–Crippen LogP) is 5.57. The Bertz CT molecular complexity index is 1290. The minimum absolute atomic E-state index is 0.0391. The summed E-state index contributed by atoms with van der Waals surface area (Å²) in [6, 6.07) is 21.0. The van der Waals surface area contributed by atoms with Gasteiger partial charge in [-0.05, 0) is 47.4 Å². The van der Waals surface area contributed by atoms with Crippen molar-refractivity contribution in [2.75, 3.05) is 18.5 Å². The molecule has 0 bridgehead atoms. The van der Waals surface area contributed by atoms with Gasteiger partial charge < -0.3 is 15.2 Å². The van der Waals surface area contributed by atoms with Crippen molar-refractivity contribution in [3.63, 3.8) is 0 Å². The van der Waals surface area contributed by atoms with Gasteiger partial charge in [0.15, 0.2) is 0 Å². The molecule has 7 nitrogen and oxygen atoms in total. The Morgan fingerprint density at radius 2 is 1.63 bits per heavy atom. The largest absolute Gasteiger partial charge is 0.478 e. The van der Waals surface area contributed by atoms with Crippen molar-refractivity contribution in [2.24, 2.45) is 0 Å². The summed E-state index contributed by atoms with van der Waals surface area (Å²) in [5, 5.41) is 14.2. The number of carbonyl (C=O) groups excluding carboxylic acids is 2. The number of anilines is 1. The quantitative estimate of drug-likeness (QED) is 0.343. The molecule has 1 aliphatic carbocycles. The van der Waals surface area contributed by atoms with Crippen molar-refractivity contribution >= 4 is 39.6 Å². The maximum absolute atomic E-state index is 12.7. The summed E-state index contributed by atoms with van der Waals surface area (Å²) >= 11 is 3.35. The van der Waals surface area contributed by atoms with Crippen LogP contribution in [0, 0.1) is 0 Å². The van der Waals surface area contributed by atoms with E-state index in [-0.39, 0.29) is 35.9 Å². The summed E-state index contributed by atoms with van der Waals surface area (Å²) in [5.41, 5.74) is 5.10. The van der Waals surface area contributed by atoms with Crippen molar-refractivity contribution in [3.05, 3.63) is 99.5 Å². The van der Waals surface area contributed by atoms with Gasteiger partial charge in [0.2, 0.25) is 0 Å². The molecule has 1 aliphatic rings. The zero-order valence-electron chi connectivity index (χ0n) is 18.9. The third-order valence-corrected chi connectivity index (χ3v) is 6.31. The molecule has 0 unspecified atom stereocenters. The second kappa shape index (κ2) is 10.6. The molecule has 8 heteroatoms. The summed E-state index contributed by atoms with van der Waals surface area (Å²) in [5.74, 6) is -1.59. The van der Waals surface area contributed by atoms with Gasteiger partial charge in [0, 0.05) is 22.5 Å². The average molecular weight is 535 g/mol. The normalized spacial score (nSPS) is 12.5. The Labute approximate surface area is 210 Å². The SMILES string of the molecule is C/C(=C\CNC(=O)c1ccc(Br)cc1NC(=O)OCC1c2ccccc2-c2ccccc21)C(=O)O. The molecular formula is C27H23BrN2O5. The number of carbonyl (C=O) groups is 3. The molecule has 0 aliphatic heterocycles. The Balaban J connectivity index is 1.44. The monoisotopic (exact) mass is 534 g/mol. The molecular weight excluding hydrogens is 512 g/mol. The van der Waals surface area contributed by atoms with Crippen LogP contribution < -0.4 is 10.6 Å². The van der Waals surface area contributed by atoms with E-state index in [1.54, 1.807) is 18.2 Å². The van der Waals surface area contributed by atoms with E-state index >= 15 is 0 Å². The predicted molar refractivity (Wildman–Crippen MR) is 137 cm³/mol. The van der Waals surface area contributed by atoms with Gasteiger partial charge in [-0.3, -0.25) is 10.1 Å². The van der Waals surface area contributed by atoms with Gasteiger partial charge >= 0.3 is 12.1 Å². The van der Waals surface area contributed by atoms with E-state index < -0.39 is 18.0 Å². The molecule has 3 aromatic carbocycles. The molecule has 3 aromatic rings.